The second kappa shape index (κ2) is 4.80. The van der Waals surface area contributed by atoms with Crippen molar-refractivity contribution in [2.75, 3.05) is 0 Å². The molecule has 2 aromatic carbocycles. The number of aliphatic hydroxyl groups is 1. The zero-order chi connectivity index (χ0) is 13.4. The van der Waals surface area contributed by atoms with E-state index in [2.05, 4.69) is 43.5 Å². The Morgan fingerprint density at radius 3 is 2.63 bits per heavy atom. The second-order valence-electron chi connectivity index (χ2n) is 4.95. The first-order chi connectivity index (χ1) is 9.16. The maximum atomic E-state index is 10.7. The topological polar surface area (TPSA) is 20.2 Å². The van der Waals surface area contributed by atoms with Gasteiger partial charge < -0.3 is 5.11 Å². The molecule has 1 heterocycles. The van der Waals surface area contributed by atoms with Crippen molar-refractivity contribution in [1.29, 1.82) is 0 Å². The maximum absolute atomic E-state index is 10.7. The van der Waals surface area contributed by atoms with E-state index >= 15 is 0 Å². The van der Waals surface area contributed by atoms with Crippen LogP contribution in [0.15, 0.2) is 47.8 Å². The van der Waals surface area contributed by atoms with Crippen molar-refractivity contribution < 1.29 is 5.11 Å². The van der Waals surface area contributed by atoms with E-state index in [0.717, 1.165) is 16.7 Å². The normalized spacial score (nSPS) is 12.8. The highest BCUT2D eigenvalue weighted by Crippen LogP contribution is 2.33. The molecule has 0 spiro atoms. The van der Waals surface area contributed by atoms with Crippen LogP contribution < -0.4 is 0 Å². The van der Waals surface area contributed by atoms with E-state index in [1.807, 2.05) is 18.2 Å². The Balaban J connectivity index is 2.13. The summed E-state index contributed by atoms with van der Waals surface area (Å²) in [5.41, 5.74) is 4.36. The molecule has 19 heavy (non-hydrogen) atoms. The average molecular weight is 268 g/mol. The standard InChI is InChI=1S/C17H16OS/c1-11-6-7-14(12(2)10-11)16(18)15-5-3-4-13-8-9-19-17(13)15/h3-10,16,18H,1-2H3. The van der Waals surface area contributed by atoms with Gasteiger partial charge >= 0.3 is 0 Å². The van der Waals surface area contributed by atoms with Gasteiger partial charge in [-0.25, -0.2) is 0 Å². The van der Waals surface area contributed by atoms with Gasteiger partial charge in [-0.3, -0.25) is 0 Å². The summed E-state index contributed by atoms with van der Waals surface area (Å²) in [4.78, 5) is 0. The van der Waals surface area contributed by atoms with Gasteiger partial charge in [-0.1, -0.05) is 42.0 Å². The summed E-state index contributed by atoms with van der Waals surface area (Å²) in [6.07, 6.45) is -0.553. The lowest BCUT2D eigenvalue weighted by atomic mass is 9.95. The van der Waals surface area contributed by atoms with Crippen LogP contribution in [0.5, 0.6) is 0 Å². The molecule has 0 bridgehead atoms. The zero-order valence-electron chi connectivity index (χ0n) is 11.1. The van der Waals surface area contributed by atoms with Gasteiger partial charge in [0.25, 0.3) is 0 Å². The lowest BCUT2D eigenvalue weighted by molar-refractivity contribution is 0.221. The van der Waals surface area contributed by atoms with Crippen LogP contribution in [-0.2, 0) is 0 Å². The number of hydrogen-bond donors (Lipinski definition) is 1. The van der Waals surface area contributed by atoms with Crippen LogP contribution >= 0.6 is 11.3 Å². The van der Waals surface area contributed by atoms with Crippen molar-refractivity contribution in [1.82, 2.24) is 0 Å². The van der Waals surface area contributed by atoms with Crippen LogP contribution in [0.2, 0.25) is 0 Å². The Morgan fingerprint density at radius 2 is 1.84 bits per heavy atom. The second-order valence-corrected chi connectivity index (χ2v) is 5.86. The first-order valence-corrected chi connectivity index (χ1v) is 7.26. The molecule has 0 saturated heterocycles. The summed E-state index contributed by atoms with van der Waals surface area (Å²) < 4.78 is 1.18. The minimum absolute atomic E-state index is 0.553. The number of hydrogen-bond acceptors (Lipinski definition) is 2. The van der Waals surface area contributed by atoms with Crippen LogP contribution in [-0.4, -0.2) is 5.11 Å². The Kier molecular flexibility index (Phi) is 3.13. The minimum atomic E-state index is -0.553. The molecular formula is C17H16OS. The molecule has 3 aromatic rings. The summed E-state index contributed by atoms with van der Waals surface area (Å²) in [5, 5.41) is 14.0. The summed E-state index contributed by atoms with van der Waals surface area (Å²) in [6, 6.07) is 14.4. The van der Waals surface area contributed by atoms with E-state index in [1.165, 1.54) is 15.6 Å². The van der Waals surface area contributed by atoms with E-state index in [9.17, 15) is 5.11 Å². The van der Waals surface area contributed by atoms with Crippen LogP contribution in [0.1, 0.15) is 28.4 Å². The average Bonchev–Trinajstić information content (AvgIpc) is 2.86. The highest BCUT2D eigenvalue weighted by Gasteiger charge is 2.16. The van der Waals surface area contributed by atoms with Gasteiger partial charge in [0.05, 0.1) is 0 Å². The van der Waals surface area contributed by atoms with E-state index in [-0.39, 0.29) is 0 Å². The largest absolute Gasteiger partial charge is 0.384 e. The van der Waals surface area contributed by atoms with Crippen LogP contribution in [0.3, 0.4) is 0 Å². The lowest BCUT2D eigenvalue weighted by Crippen LogP contribution is -2.02. The van der Waals surface area contributed by atoms with Crippen molar-refractivity contribution in [3.8, 4) is 0 Å². The van der Waals surface area contributed by atoms with Crippen LogP contribution in [0, 0.1) is 13.8 Å². The number of rotatable bonds is 2. The predicted molar refractivity (Wildman–Crippen MR) is 81.8 cm³/mol. The molecular weight excluding hydrogens is 252 g/mol. The molecule has 3 rings (SSSR count). The van der Waals surface area contributed by atoms with Crippen molar-refractivity contribution in [2.24, 2.45) is 0 Å². The molecule has 1 N–H and O–H groups in total. The molecule has 2 heteroatoms. The summed E-state index contributed by atoms with van der Waals surface area (Å²) in [7, 11) is 0. The molecule has 0 amide bonds. The van der Waals surface area contributed by atoms with Crippen molar-refractivity contribution in [2.45, 2.75) is 20.0 Å². The molecule has 1 atom stereocenters. The Hall–Kier alpha value is -1.64. The smallest absolute Gasteiger partial charge is 0.106 e. The van der Waals surface area contributed by atoms with Crippen molar-refractivity contribution in [3.05, 3.63) is 70.1 Å². The van der Waals surface area contributed by atoms with E-state index in [1.54, 1.807) is 11.3 Å². The van der Waals surface area contributed by atoms with Crippen molar-refractivity contribution in [3.63, 3.8) is 0 Å². The fourth-order valence-corrected chi connectivity index (χ4v) is 3.47. The predicted octanol–water partition coefficient (Wildman–Crippen LogP) is 4.60. The Labute approximate surface area is 117 Å². The van der Waals surface area contributed by atoms with Gasteiger partial charge in [0.15, 0.2) is 0 Å². The molecule has 1 unspecified atom stereocenters. The third kappa shape index (κ3) is 2.18. The number of benzene rings is 2. The minimum Gasteiger partial charge on any atom is -0.384 e. The van der Waals surface area contributed by atoms with Crippen LogP contribution in [0.25, 0.3) is 10.1 Å². The third-order valence-corrected chi connectivity index (χ3v) is 4.50. The fraction of sp³-hybridized carbons (Fsp3) is 0.176. The number of fused-ring (bicyclic) bond motifs is 1. The summed E-state index contributed by atoms with van der Waals surface area (Å²) >= 11 is 1.69. The third-order valence-electron chi connectivity index (χ3n) is 3.52. The summed E-state index contributed by atoms with van der Waals surface area (Å²) in [6.45, 7) is 4.13. The molecule has 1 nitrogen and oxygen atoms in total. The first-order valence-electron chi connectivity index (χ1n) is 6.38. The van der Waals surface area contributed by atoms with E-state index in [0.29, 0.717) is 0 Å². The van der Waals surface area contributed by atoms with Gasteiger partial charge in [0.1, 0.15) is 6.10 Å². The zero-order valence-corrected chi connectivity index (χ0v) is 11.9. The molecule has 96 valence electrons. The van der Waals surface area contributed by atoms with Gasteiger partial charge in [-0.2, -0.15) is 0 Å². The monoisotopic (exact) mass is 268 g/mol. The highest BCUT2D eigenvalue weighted by molar-refractivity contribution is 7.17. The van der Waals surface area contributed by atoms with Gasteiger partial charge in [-0.05, 0) is 41.8 Å². The number of aryl methyl sites for hydroxylation is 2. The molecule has 0 aliphatic heterocycles. The number of thiophene rings is 1. The Morgan fingerprint density at radius 1 is 1.00 bits per heavy atom. The fourth-order valence-electron chi connectivity index (χ4n) is 2.53. The molecule has 0 radical (unpaired) electrons. The number of aliphatic hydroxyl groups excluding tert-OH is 1. The highest BCUT2D eigenvalue weighted by atomic mass is 32.1. The molecule has 0 saturated carbocycles. The van der Waals surface area contributed by atoms with Gasteiger partial charge in [-0.15, -0.1) is 11.3 Å². The lowest BCUT2D eigenvalue weighted by Gasteiger charge is -2.15. The van der Waals surface area contributed by atoms with E-state index in [4.69, 9.17) is 0 Å². The summed E-state index contributed by atoms with van der Waals surface area (Å²) in [5.74, 6) is 0. The van der Waals surface area contributed by atoms with Gasteiger partial charge in [0.2, 0.25) is 0 Å². The SMILES string of the molecule is Cc1ccc(C(O)c2cccc3ccsc23)c(C)c1. The maximum Gasteiger partial charge on any atom is 0.106 e. The Bertz CT molecular complexity index is 727. The molecule has 0 fully saturated rings. The molecule has 0 aliphatic rings. The molecule has 1 aromatic heterocycles. The molecule has 0 aliphatic carbocycles. The van der Waals surface area contributed by atoms with Gasteiger partial charge in [0, 0.05) is 10.3 Å². The van der Waals surface area contributed by atoms with Crippen molar-refractivity contribution >= 4 is 21.4 Å². The quantitative estimate of drug-likeness (QED) is 0.720. The van der Waals surface area contributed by atoms with Crippen LogP contribution in [0.4, 0.5) is 0 Å². The first kappa shape index (κ1) is 12.4. The van der Waals surface area contributed by atoms with E-state index < -0.39 is 6.10 Å².